The minimum Gasteiger partial charge on any atom is -0.469 e. The summed E-state index contributed by atoms with van der Waals surface area (Å²) in [4.78, 5) is 8.76. The highest BCUT2D eigenvalue weighted by Crippen LogP contribution is 2.18. The van der Waals surface area contributed by atoms with Crippen molar-refractivity contribution < 1.29 is 4.42 Å². The molecule has 0 aliphatic rings. The Morgan fingerprint density at radius 2 is 1.90 bits per heavy atom. The van der Waals surface area contributed by atoms with Crippen molar-refractivity contribution in [3.63, 3.8) is 0 Å². The maximum absolute atomic E-state index is 5.85. The van der Waals surface area contributed by atoms with Crippen LogP contribution in [-0.4, -0.2) is 16.5 Å². The molecule has 5 heteroatoms. The zero-order valence-electron chi connectivity index (χ0n) is 11.5. The average Bonchev–Trinajstić information content (AvgIpc) is 3.01. The molecule has 0 saturated heterocycles. The zero-order chi connectivity index (χ0) is 14.5. The summed E-state index contributed by atoms with van der Waals surface area (Å²) in [5, 5.41) is 3.24. The Morgan fingerprint density at radius 3 is 2.67 bits per heavy atom. The third-order valence-electron chi connectivity index (χ3n) is 3.04. The van der Waals surface area contributed by atoms with E-state index in [-0.39, 0.29) is 0 Å². The van der Waals surface area contributed by atoms with Crippen LogP contribution in [-0.2, 0) is 6.42 Å². The molecule has 2 heterocycles. The summed E-state index contributed by atoms with van der Waals surface area (Å²) in [5.41, 5.74) is 6.80. The highest BCUT2D eigenvalue weighted by atomic mass is 16.3. The van der Waals surface area contributed by atoms with Crippen LogP contribution < -0.4 is 11.1 Å². The number of rotatable bonds is 5. The Morgan fingerprint density at radius 1 is 1.05 bits per heavy atom. The topological polar surface area (TPSA) is 77.0 Å². The summed E-state index contributed by atoms with van der Waals surface area (Å²) in [5.74, 6) is 2.72. The van der Waals surface area contributed by atoms with Gasteiger partial charge >= 0.3 is 0 Å². The van der Waals surface area contributed by atoms with Crippen LogP contribution in [0.2, 0.25) is 0 Å². The zero-order valence-corrected chi connectivity index (χ0v) is 11.5. The lowest BCUT2D eigenvalue weighted by Crippen LogP contribution is -2.08. The van der Waals surface area contributed by atoms with Crippen LogP contribution in [0, 0.1) is 0 Å². The van der Waals surface area contributed by atoms with Crippen LogP contribution in [0.15, 0.2) is 59.2 Å². The van der Waals surface area contributed by atoms with E-state index < -0.39 is 0 Å². The van der Waals surface area contributed by atoms with Crippen molar-refractivity contribution in [1.29, 1.82) is 0 Å². The van der Waals surface area contributed by atoms with Crippen LogP contribution in [0.25, 0.3) is 11.4 Å². The van der Waals surface area contributed by atoms with Gasteiger partial charge in [0, 0.05) is 24.6 Å². The van der Waals surface area contributed by atoms with Crippen molar-refractivity contribution in [2.45, 2.75) is 6.42 Å². The van der Waals surface area contributed by atoms with Gasteiger partial charge in [-0.05, 0) is 12.1 Å². The lowest BCUT2D eigenvalue weighted by molar-refractivity contribution is 0.513. The molecule has 21 heavy (non-hydrogen) atoms. The van der Waals surface area contributed by atoms with E-state index in [2.05, 4.69) is 15.3 Å². The molecule has 0 spiro atoms. The van der Waals surface area contributed by atoms with E-state index in [1.54, 1.807) is 12.3 Å². The highest BCUT2D eigenvalue weighted by Gasteiger charge is 2.05. The van der Waals surface area contributed by atoms with E-state index in [4.69, 9.17) is 10.2 Å². The molecule has 0 radical (unpaired) electrons. The van der Waals surface area contributed by atoms with Crippen LogP contribution in [0.3, 0.4) is 0 Å². The fourth-order valence-electron chi connectivity index (χ4n) is 2.04. The van der Waals surface area contributed by atoms with Crippen molar-refractivity contribution in [2.75, 3.05) is 17.6 Å². The second-order valence-electron chi connectivity index (χ2n) is 4.62. The number of furan rings is 1. The van der Waals surface area contributed by atoms with E-state index in [9.17, 15) is 0 Å². The Labute approximate surface area is 122 Å². The van der Waals surface area contributed by atoms with E-state index >= 15 is 0 Å². The number of benzene rings is 1. The number of hydrogen-bond donors (Lipinski definition) is 2. The molecular formula is C16H16N4O. The monoisotopic (exact) mass is 280 g/mol. The summed E-state index contributed by atoms with van der Waals surface area (Å²) in [6.45, 7) is 0.720. The molecule has 3 aromatic rings. The van der Waals surface area contributed by atoms with E-state index in [0.29, 0.717) is 17.5 Å². The maximum Gasteiger partial charge on any atom is 0.163 e. The molecule has 3 N–H and O–H groups in total. The van der Waals surface area contributed by atoms with Crippen molar-refractivity contribution in [2.24, 2.45) is 0 Å². The summed E-state index contributed by atoms with van der Waals surface area (Å²) in [6.07, 6.45) is 2.46. The third kappa shape index (κ3) is 3.39. The molecule has 5 nitrogen and oxygen atoms in total. The third-order valence-corrected chi connectivity index (χ3v) is 3.04. The largest absolute Gasteiger partial charge is 0.469 e. The van der Waals surface area contributed by atoms with Gasteiger partial charge in [-0.25, -0.2) is 9.97 Å². The second-order valence-corrected chi connectivity index (χ2v) is 4.62. The van der Waals surface area contributed by atoms with Gasteiger partial charge in [-0.2, -0.15) is 0 Å². The van der Waals surface area contributed by atoms with E-state index in [1.807, 2.05) is 42.5 Å². The molecule has 0 fully saturated rings. The predicted molar refractivity (Wildman–Crippen MR) is 82.8 cm³/mol. The summed E-state index contributed by atoms with van der Waals surface area (Å²) >= 11 is 0. The molecule has 0 aliphatic heterocycles. The smallest absolute Gasteiger partial charge is 0.163 e. The minimum atomic E-state index is 0.448. The van der Waals surface area contributed by atoms with Crippen molar-refractivity contribution in [1.82, 2.24) is 9.97 Å². The number of aromatic nitrogens is 2. The van der Waals surface area contributed by atoms with Gasteiger partial charge in [0.15, 0.2) is 5.82 Å². The van der Waals surface area contributed by atoms with Gasteiger partial charge in [0.25, 0.3) is 0 Å². The number of nitrogens with one attached hydrogen (secondary N) is 1. The predicted octanol–water partition coefficient (Wildman–Crippen LogP) is 2.97. The molecule has 0 amide bonds. The highest BCUT2D eigenvalue weighted by molar-refractivity contribution is 5.60. The van der Waals surface area contributed by atoms with Gasteiger partial charge in [-0.1, -0.05) is 30.3 Å². The molecule has 106 valence electrons. The number of nitrogen functional groups attached to an aromatic ring is 1. The lowest BCUT2D eigenvalue weighted by atomic mass is 10.2. The Bertz CT molecular complexity index is 696. The van der Waals surface area contributed by atoms with Gasteiger partial charge in [0.2, 0.25) is 0 Å². The van der Waals surface area contributed by atoms with Crippen molar-refractivity contribution >= 4 is 11.6 Å². The summed E-state index contributed by atoms with van der Waals surface area (Å²) in [7, 11) is 0. The van der Waals surface area contributed by atoms with Crippen LogP contribution in [0.4, 0.5) is 11.6 Å². The van der Waals surface area contributed by atoms with Crippen LogP contribution in [0.5, 0.6) is 0 Å². The Hall–Kier alpha value is -2.82. The van der Waals surface area contributed by atoms with Gasteiger partial charge < -0.3 is 15.5 Å². The lowest BCUT2D eigenvalue weighted by Gasteiger charge is -2.08. The van der Waals surface area contributed by atoms with E-state index in [1.165, 1.54) is 0 Å². The molecule has 0 unspecified atom stereocenters. The SMILES string of the molecule is Nc1cc(NCCc2ccco2)nc(-c2ccccc2)n1. The molecule has 0 atom stereocenters. The molecule has 3 rings (SSSR count). The number of hydrogen-bond acceptors (Lipinski definition) is 5. The maximum atomic E-state index is 5.85. The molecule has 0 aliphatic carbocycles. The summed E-state index contributed by atoms with van der Waals surface area (Å²) < 4.78 is 5.29. The molecule has 2 aromatic heterocycles. The fraction of sp³-hybridized carbons (Fsp3) is 0.125. The molecule has 1 aromatic carbocycles. The van der Waals surface area contributed by atoms with Gasteiger partial charge in [0.05, 0.1) is 6.26 Å². The van der Waals surface area contributed by atoms with Crippen LogP contribution >= 0.6 is 0 Å². The first-order chi connectivity index (χ1) is 10.3. The van der Waals surface area contributed by atoms with Gasteiger partial charge in [-0.15, -0.1) is 0 Å². The standard InChI is InChI=1S/C16H16N4O/c17-14-11-15(18-9-8-13-7-4-10-21-13)20-16(19-14)12-5-2-1-3-6-12/h1-7,10-11H,8-9H2,(H3,17,18,19,20). The minimum absolute atomic E-state index is 0.448. The number of nitrogens with two attached hydrogens (primary N) is 1. The van der Waals surface area contributed by atoms with E-state index in [0.717, 1.165) is 24.3 Å². The normalized spacial score (nSPS) is 10.5. The number of nitrogens with zero attached hydrogens (tertiary/aromatic N) is 2. The molecule has 0 saturated carbocycles. The van der Waals surface area contributed by atoms with Gasteiger partial charge in [0.1, 0.15) is 17.4 Å². The first-order valence-electron chi connectivity index (χ1n) is 6.77. The first-order valence-corrected chi connectivity index (χ1v) is 6.77. The second kappa shape index (κ2) is 6.09. The van der Waals surface area contributed by atoms with Crippen LogP contribution in [0.1, 0.15) is 5.76 Å². The van der Waals surface area contributed by atoms with Crippen molar-refractivity contribution in [3.05, 3.63) is 60.6 Å². The average molecular weight is 280 g/mol. The Balaban J connectivity index is 1.72. The Kier molecular flexibility index (Phi) is 3.82. The van der Waals surface area contributed by atoms with Gasteiger partial charge in [-0.3, -0.25) is 0 Å². The number of anilines is 2. The van der Waals surface area contributed by atoms with Crippen molar-refractivity contribution in [3.8, 4) is 11.4 Å². The summed E-state index contributed by atoms with van der Waals surface area (Å²) in [6, 6.07) is 15.3. The molecular weight excluding hydrogens is 264 g/mol. The fourth-order valence-corrected chi connectivity index (χ4v) is 2.04. The molecule has 0 bridgehead atoms. The quantitative estimate of drug-likeness (QED) is 0.751. The first kappa shape index (κ1) is 13.2.